The molecule has 1 aliphatic rings. The normalized spacial score (nSPS) is 13.8. The van der Waals surface area contributed by atoms with Gasteiger partial charge in [-0.3, -0.25) is 9.52 Å². The number of carbonyl (C=O) groups excluding carboxylic acids is 1. The summed E-state index contributed by atoms with van der Waals surface area (Å²) in [7, 11) is -3.88. The summed E-state index contributed by atoms with van der Waals surface area (Å²) in [6, 6.07) is 16.5. The van der Waals surface area contributed by atoms with Crippen molar-refractivity contribution in [3.63, 3.8) is 0 Å². The zero-order valence-electron chi connectivity index (χ0n) is 21.1. The van der Waals surface area contributed by atoms with Crippen LogP contribution in [0.15, 0.2) is 65.6 Å². The van der Waals surface area contributed by atoms with Gasteiger partial charge in [0.1, 0.15) is 11.5 Å². The Hall–Kier alpha value is -3.14. The molecule has 8 nitrogen and oxygen atoms in total. The number of benzene rings is 3. The maximum absolute atomic E-state index is 12.8. The van der Waals surface area contributed by atoms with Crippen molar-refractivity contribution < 1.29 is 22.7 Å². The van der Waals surface area contributed by atoms with Gasteiger partial charge in [0.15, 0.2) is 6.61 Å². The second-order valence-electron chi connectivity index (χ2n) is 8.74. The van der Waals surface area contributed by atoms with Crippen molar-refractivity contribution in [2.45, 2.75) is 18.7 Å². The lowest BCUT2D eigenvalue weighted by molar-refractivity contribution is -0.133. The summed E-state index contributed by atoms with van der Waals surface area (Å²) < 4.78 is 39.1. The predicted molar refractivity (Wildman–Crippen MR) is 150 cm³/mol. The standard InChI is InChI=1S/C27H29Cl2N3O5S/c1-3-36-22-8-6-21(7-9-22)30-38(34,35)23-10-11-26(24(29)17-23)37-18-27(33)32-14-12-31(13-15-32)25-16-20(28)5-4-19(25)2/h4-11,16-17,30H,3,12-15,18H2,1-2H3. The van der Waals surface area contributed by atoms with Crippen molar-refractivity contribution >= 4 is 50.5 Å². The quantitative estimate of drug-likeness (QED) is 0.374. The van der Waals surface area contributed by atoms with E-state index in [9.17, 15) is 13.2 Å². The summed E-state index contributed by atoms with van der Waals surface area (Å²) in [4.78, 5) is 16.7. The van der Waals surface area contributed by atoms with Crippen LogP contribution in [-0.2, 0) is 14.8 Å². The van der Waals surface area contributed by atoms with Crippen molar-refractivity contribution in [1.82, 2.24) is 4.90 Å². The molecule has 0 atom stereocenters. The van der Waals surface area contributed by atoms with E-state index in [0.29, 0.717) is 49.2 Å². The van der Waals surface area contributed by atoms with Gasteiger partial charge < -0.3 is 19.3 Å². The Bertz CT molecular complexity index is 1390. The van der Waals surface area contributed by atoms with Gasteiger partial charge in [0.2, 0.25) is 0 Å². The van der Waals surface area contributed by atoms with E-state index in [-0.39, 0.29) is 28.2 Å². The Labute approximate surface area is 233 Å². The molecule has 1 N–H and O–H groups in total. The van der Waals surface area contributed by atoms with Gasteiger partial charge in [-0.05, 0) is 74.0 Å². The van der Waals surface area contributed by atoms with Crippen molar-refractivity contribution in [1.29, 1.82) is 0 Å². The first-order valence-corrected chi connectivity index (χ1v) is 14.4. The fourth-order valence-corrected chi connectivity index (χ4v) is 5.67. The summed E-state index contributed by atoms with van der Waals surface area (Å²) in [6.45, 7) is 6.69. The zero-order chi connectivity index (χ0) is 27.3. The highest BCUT2D eigenvalue weighted by atomic mass is 35.5. The van der Waals surface area contributed by atoms with E-state index >= 15 is 0 Å². The van der Waals surface area contributed by atoms with E-state index in [1.807, 2.05) is 32.0 Å². The van der Waals surface area contributed by atoms with E-state index < -0.39 is 10.0 Å². The van der Waals surface area contributed by atoms with Crippen LogP contribution in [0.3, 0.4) is 0 Å². The molecule has 0 spiro atoms. The highest BCUT2D eigenvalue weighted by Gasteiger charge is 2.23. The minimum absolute atomic E-state index is 0.0255. The summed E-state index contributed by atoms with van der Waals surface area (Å²) in [5.41, 5.74) is 2.59. The van der Waals surface area contributed by atoms with Crippen LogP contribution in [0, 0.1) is 6.92 Å². The number of nitrogens with one attached hydrogen (secondary N) is 1. The topological polar surface area (TPSA) is 88.2 Å². The van der Waals surface area contributed by atoms with E-state index in [2.05, 4.69) is 9.62 Å². The van der Waals surface area contributed by atoms with E-state index in [1.165, 1.54) is 18.2 Å². The Morgan fingerprint density at radius 1 is 0.947 bits per heavy atom. The molecule has 3 aromatic carbocycles. The summed E-state index contributed by atoms with van der Waals surface area (Å²) in [5.74, 6) is 0.707. The molecule has 0 aromatic heterocycles. The predicted octanol–water partition coefficient (Wildman–Crippen LogP) is 5.23. The number of hydrogen-bond acceptors (Lipinski definition) is 6. The number of anilines is 2. The monoisotopic (exact) mass is 577 g/mol. The average molecular weight is 579 g/mol. The van der Waals surface area contributed by atoms with Crippen LogP contribution < -0.4 is 19.1 Å². The average Bonchev–Trinajstić information content (AvgIpc) is 2.90. The smallest absolute Gasteiger partial charge is 0.261 e. The van der Waals surface area contributed by atoms with Gasteiger partial charge in [-0.15, -0.1) is 0 Å². The van der Waals surface area contributed by atoms with Crippen LogP contribution in [-0.4, -0.2) is 58.6 Å². The number of nitrogens with zero attached hydrogens (tertiary/aromatic N) is 2. The number of hydrogen-bond donors (Lipinski definition) is 1. The van der Waals surface area contributed by atoms with Crippen LogP contribution in [0.2, 0.25) is 10.0 Å². The number of amides is 1. The van der Waals surface area contributed by atoms with Crippen LogP contribution >= 0.6 is 23.2 Å². The van der Waals surface area contributed by atoms with Crippen LogP contribution in [0.5, 0.6) is 11.5 Å². The second kappa shape index (κ2) is 12.1. The Morgan fingerprint density at radius 3 is 2.32 bits per heavy atom. The van der Waals surface area contributed by atoms with Crippen molar-refractivity contribution in [3.8, 4) is 11.5 Å². The molecule has 1 fully saturated rings. The van der Waals surface area contributed by atoms with Gasteiger partial charge in [0.05, 0.1) is 16.5 Å². The molecule has 1 saturated heterocycles. The molecule has 3 aromatic rings. The van der Waals surface area contributed by atoms with Crippen molar-refractivity contribution in [3.05, 3.63) is 76.3 Å². The van der Waals surface area contributed by atoms with Crippen molar-refractivity contribution in [2.75, 3.05) is 49.0 Å². The third-order valence-corrected chi connectivity index (χ3v) is 8.04. The third-order valence-electron chi connectivity index (χ3n) is 6.13. The van der Waals surface area contributed by atoms with Crippen molar-refractivity contribution in [2.24, 2.45) is 0 Å². The van der Waals surface area contributed by atoms with E-state index in [4.69, 9.17) is 32.7 Å². The number of sulfonamides is 1. The lowest BCUT2D eigenvalue weighted by atomic mass is 10.1. The van der Waals surface area contributed by atoms with Gasteiger partial charge in [-0.25, -0.2) is 8.42 Å². The van der Waals surface area contributed by atoms with Gasteiger partial charge in [-0.2, -0.15) is 0 Å². The molecule has 0 bridgehead atoms. The van der Waals surface area contributed by atoms with Gasteiger partial charge in [-0.1, -0.05) is 29.3 Å². The minimum Gasteiger partial charge on any atom is -0.494 e. The number of piperazine rings is 1. The lowest BCUT2D eigenvalue weighted by Gasteiger charge is -2.36. The Balaban J connectivity index is 1.31. The zero-order valence-corrected chi connectivity index (χ0v) is 23.4. The molecular weight excluding hydrogens is 549 g/mol. The minimum atomic E-state index is -3.88. The Morgan fingerprint density at radius 2 is 1.66 bits per heavy atom. The first-order chi connectivity index (χ1) is 18.2. The molecule has 0 saturated carbocycles. The number of carbonyl (C=O) groups is 1. The molecule has 4 rings (SSSR count). The van der Waals surface area contributed by atoms with Gasteiger partial charge in [0, 0.05) is 42.6 Å². The molecule has 0 aliphatic carbocycles. The van der Waals surface area contributed by atoms with Crippen LogP contribution in [0.4, 0.5) is 11.4 Å². The largest absolute Gasteiger partial charge is 0.494 e. The molecule has 1 heterocycles. The lowest BCUT2D eigenvalue weighted by Crippen LogP contribution is -2.50. The maximum atomic E-state index is 12.8. The van der Waals surface area contributed by atoms with Crippen LogP contribution in [0.25, 0.3) is 0 Å². The highest BCUT2D eigenvalue weighted by Crippen LogP contribution is 2.29. The molecule has 0 unspecified atom stereocenters. The Kier molecular flexibility index (Phi) is 8.91. The van der Waals surface area contributed by atoms with Gasteiger partial charge in [0.25, 0.3) is 15.9 Å². The van der Waals surface area contributed by atoms with E-state index in [1.54, 1.807) is 29.2 Å². The maximum Gasteiger partial charge on any atom is 0.261 e. The SMILES string of the molecule is CCOc1ccc(NS(=O)(=O)c2ccc(OCC(=O)N3CCN(c4cc(Cl)ccc4C)CC3)c(Cl)c2)cc1. The first kappa shape index (κ1) is 27.9. The fraction of sp³-hybridized carbons (Fsp3) is 0.296. The molecule has 1 amide bonds. The number of ether oxygens (including phenoxy) is 2. The van der Waals surface area contributed by atoms with Crippen LogP contribution in [0.1, 0.15) is 12.5 Å². The highest BCUT2D eigenvalue weighted by molar-refractivity contribution is 7.92. The summed E-state index contributed by atoms with van der Waals surface area (Å²) in [5, 5.41) is 0.772. The summed E-state index contributed by atoms with van der Waals surface area (Å²) >= 11 is 12.5. The molecule has 1 aliphatic heterocycles. The fourth-order valence-electron chi connectivity index (χ4n) is 4.12. The number of aryl methyl sites for hydroxylation is 1. The molecule has 0 radical (unpaired) electrons. The number of halogens is 2. The first-order valence-electron chi connectivity index (χ1n) is 12.1. The molecule has 11 heteroatoms. The molecule has 202 valence electrons. The van der Waals surface area contributed by atoms with Gasteiger partial charge >= 0.3 is 0 Å². The second-order valence-corrected chi connectivity index (χ2v) is 11.3. The summed E-state index contributed by atoms with van der Waals surface area (Å²) in [6.07, 6.45) is 0. The third kappa shape index (κ3) is 6.83. The molecular formula is C27H29Cl2N3O5S. The number of rotatable bonds is 9. The van der Waals surface area contributed by atoms with E-state index in [0.717, 1.165) is 11.3 Å². The molecule has 38 heavy (non-hydrogen) atoms.